The van der Waals surface area contributed by atoms with Gasteiger partial charge in [-0.15, -0.1) is 0 Å². The maximum Gasteiger partial charge on any atom is 0.408 e. The molecule has 0 spiro atoms. The van der Waals surface area contributed by atoms with Crippen LogP contribution >= 0.6 is 0 Å². The average Bonchev–Trinajstić information content (AvgIpc) is 3.21. The van der Waals surface area contributed by atoms with E-state index in [1.807, 2.05) is 135 Å². The fourth-order valence-electron chi connectivity index (χ4n) is 6.09. The normalized spacial score (nSPS) is 14.4. The molecule has 0 radical (unpaired) electrons. The number of carbonyl (C=O) groups excluding carboxylic acids is 4. The van der Waals surface area contributed by atoms with Crippen molar-refractivity contribution in [3.63, 3.8) is 0 Å². The maximum atomic E-state index is 14.3. The molecule has 0 aliphatic heterocycles. The predicted octanol–water partition coefficient (Wildman–Crippen LogP) is 5.03. The van der Waals surface area contributed by atoms with Crippen molar-refractivity contribution < 1.29 is 29.0 Å². The van der Waals surface area contributed by atoms with E-state index in [4.69, 9.17) is 4.74 Å². The molecule has 0 aliphatic rings. The van der Waals surface area contributed by atoms with E-state index in [0.29, 0.717) is 6.42 Å². The van der Waals surface area contributed by atoms with Crippen molar-refractivity contribution in [1.29, 1.82) is 0 Å². The van der Waals surface area contributed by atoms with Gasteiger partial charge in [-0.1, -0.05) is 155 Å². The SMILES string of the molecule is CC[C@H](C)[C@H](NC(=O)C(NCc1ccccc1)C(O)C(Cc1ccccc1)NC(=O)[C@@H](NC(=O)OCc1ccccc1)C(C)C)C(=O)NCc1ccccc1. The first-order valence-electron chi connectivity index (χ1n) is 18.9. The van der Waals surface area contributed by atoms with Crippen molar-refractivity contribution in [2.75, 3.05) is 0 Å². The van der Waals surface area contributed by atoms with Gasteiger partial charge in [0.05, 0.1) is 12.1 Å². The van der Waals surface area contributed by atoms with Crippen LogP contribution in [0.25, 0.3) is 0 Å². The molecule has 0 saturated heterocycles. The first-order valence-corrected chi connectivity index (χ1v) is 18.9. The summed E-state index contributed by atoms with van der Waals surface area (Å²) < 4.78 is 5.40. The Hall–Kier alpha value is -5.52. The number of amides is 4. The summed E-state index contributed by atoms with van der Waals surface area (Å²) in [5.74, 6) is -2.07. The van der Waals surface area contributed by atoms with Crippen LogP contribution in [0.3, 0.4) is 0 Å². The molecule has 4 rings (SSSR count). The highest BCUT2D eigenvalue weighted by Gasteiger charge is 2.38. The largest absolute Gasteiger partial charge is 0.445 e. The maximum absolute atomic E-state index is 14.3. The first-order chi connectivity index (χ1) is 26.5. The van der Waals surface area contributed by atoms with Gasteiger partial charge in [0.2, 0.25) is 17.7 Å². The van der Waals surface area contributed by atoms with Crippen molar-refractivity contribution in [3.05, 3.63) is 144 Å². The first kappa shape index (κ1) is 42.2. The van der Waals surface area contributed by atoms with Crippen molar-refractivity contribution >= 4 is 23.8 Å². The lowest BCUT2D eigenvalue weighted by molar-refractivity contribution is -0.134. The molecule has 4 aromatic rings. The number of aliphatic hydroxyl groups is 1. The van der Waals surface area contributed by atoms with E-state index in [2.05, 4.69) is 26.6 Å². The molecule has 0 aromatic heterocycles. The summed E-state index contributed by atoms with van der Waals surface area (Å²) in [6.45, 7) is 7.95. The third-order valence-corrected chi connectivity index (χ3v) is 9.57. The van der Waals surface area contributed by atoms with Crippen molar-refractivity contribution in [2.24, 2.45) is 11.8 Å². The van der Waals surface area contributed by atoms with Gasteiger partial charge in [0, 0.05) is 13.1 Å². The van der Waals surface area contributed by atoms with Crippen molar-refractivity contribution in [3.8, 4) is 0 Å². The number of alkyl carbamates (subject to hydrolysis) is 1. The zero-order chi connectivity index (χ0) is 39.6. The van der Waals surface area contributed by atoms with Crippen LogP contribution in [0.2, 0.25) is 0 Å². The molecule has 0 heterocycles. The van der Waals surface area contributed by atoms with E-state index in [-0.39, 0.29) is 43.9 Å². The summed E-state index contributed by atoms with van der Waals surface area (Å²) in [4.78, 5) is 54.8. The van der Waals surface area contributed by atoms with Crippen molar-refractivity contribution in [1.82, 2.24) is 26.6 Å². The standard InChI is InChI=1S/C44H55N5O6/c1-5-31(4)38(41(51)46-28-34-22-14-8-15-23-34)48-43(53)39(45-27-33-20-12-7-13-21-33)40(50)36(26-32-18-10-6-11-19-32)47-42(52)37(30(2)3)49-44(54)55-29-35-24-16-9-17-25-35/h6-25,30-31,36-40,45,50H,5,26-29H2,1-4H3,(H,46,51)(H,47,52)(H,48,53)(H,49,54)/t31-,36?,37-,38-,39?,40?/m0/s1. The third-order valence-electron chi connectivity index (χ3n) is 9.57. The quantitative estimate of drug-likeness (QED) is 0.0740. The molecular weight excluding hydrogens is 695 g/mol. The second kappa shape index (κ2) is 22.0. The number of benzene rings is 4. The van der Waals surface area contributed by atoms with Crippen LogP contribution < -0.4 is 26.6 Å². The van der Waals surface area contributed by atoms with Gasteiger partial charge < -0.3 is 31.1 Å². The molecule has 0 bridgehead atoms. The van der Waals surface area contributed by atoms with Gasteiger partial charge in [-0.3, -0.25) is 19.7 Å². The fraction of sp³-hybridized carbons (Fsp3) is 0.364. The topological polar surface area (TPSA) is 158 Å². The summed E-state index contributed by atoms with van der Waals surface area (Å²) in [6.07, 6.45) is -1.46. The molecular formula is C44H55N5O6. The van der Waals surface area contributed by atoms with Crippen LogP contribution in [0, 0.1) is 11.8 Å². The molecule has 4 amide bonds. The monoisotopic (exact) mass is 749 g/mol. The molecule has 4 aromatic carbocycles. The number of nitrogens with one attached hydrogen (secondary N) is 5. The number of aliphatic hydroxyl groups excluding tert-OH is 1. The Morgan fingerprint density at radius 2 is 1.07 bits per heavy atom. The zero-order valence-corrected chi connectivity index (χ0v) is 32.1. The molecule has 11 heteroatoms. The second-order valence-electron chi connectivity index (χ2n) is 14.1. The highest BCUT2D eigenvalue weighted by molar-refractivity contribution is 5.90. The molecule has 55 heavy (non-hydrogen) atoms. The minimum atomic E-state index is -1.48. The Morgan fingerprint density at radius 1 is 0.582 bits per heavy atom. The highest BCUT2D eigenvalue weighted by Crippen LogP contribution is 2.15. The average molecular weight is 750 g/mol. The number of carbonyl (C=O) groups is 4. The van der Waals surface area contributed by atoms with E-state index in [1.165, 1.54) is 0 Å². The van der Waals surface area contributed by atoms with E-state index >= 15 is 0 Å². The van der Waals surface area contributed by atoms with Crippen LogP contribution in [-0.2, 0) is 45.2 Å². The Balaban J connectivity index is 1.58. The van der Waals surface area contributed by atoms with Gasteiger partial charge in [0.15, 0.2) is 0 Å². The lowest BCUT2D eigenvalue weighted by Crippen LogP contribution is -2.63. The number of rotatable bonds is 20. The van der Waals surface area contributed by atoms with Crippen molar-refractivity contribution in [2.45, 2.75) is 90.5 Å². The van der Waals surface area contributed by atoms with E-state index in [0.717, 1.165) is 22.3 Å². The summed E-state index contributed by atoms with van der Waals surface area (Å²) in [5, 5.41) is 26.9. The van der Waals surface area contributed by atoms with E-state index in [9.17, 15) is 24.3 Å². The highest BCUT2D eigenvalue weighted by atomic mass is 16.5. The van der Waals surface area contributed by atoms with Crippen LogP contribution in [-0.4, -0.2) is 59.2 Å². The predicted molar refractivity (Wildman–Crippen MR) is 213 cm³/mol. The second-order valence-corrected chi connectivity index (χ2v) is 14.1. The Bertz CT molecular complexity index is 1760. The van der Waals surface area contributed by atoms with Crippen LogP contribution in [0.5, 0.6) is 0 Å². The molecule has 6 atom stereocenters. The Labute approximate surface area is 324 Å². The van der Waals surface area contributed by atoms with E-state index < -0.39 is 48.2 Å². The Kier molecular flexibility index (Phi) is 16.9. The van der Waals surface area contributed by atoms with Gasteiger partial charge in [0.25, 0.3) is 0 Å². The van der Waals surface area contributed by atoms with Gasteiger partial charge in [-0.05, 0) is 40.5 Å². The molecule has 292 valence electrons. The molecule has 3 unspecified atom stereocenters. The number of ether oxygens (including phenoxy) is 1. The van der Waals surface area contributed by atoms with Crippen LogP contribution in [0.1, 0.15) is 56.4 Å². The summed E-state index contributed by atoms with van der Waals surface area (Å²) in [6, 6.07) is 33.3. The van der Waals surface area contributed by atoms with Gasteiger partial charge in [0.1, 0.15) is 24.7 Å². The number of hydrogen-bond donors (Lipinski definition) is 6. The molecule has 6 N–H and O–H groups in total. The van der Waals surface area contributed by atoms with Gasteiger partial charge >= 0.3 is 6.09 Å². The summed E-state index contributed by atoms with van der Waals surface area (Å²) in [5.41, 5.74) is 3.39. The smallest absolute Gasteiger partial charge is 0.408 e. The molecule has 11 nitrogen and oxygen atoms in total. The fourth-order valence-corrected chi connectivity index (χ4v) is 6.09. The van der Waals surface area contributed by atoms with Gasteiger partial charge in [-0.25, -0.2) is 4.79 Å². The lowest BCUT2D eigenvalue weighted by Gasteiger charge is -2.34. The van der Waals surface area contributed by atoms with Gasteiger partial charge in [-0.2, -0.15) is 0 Å². The minimum absolute atomic E-state index is 0.0280. The van der Waals surface area contributed by atoms with E-state index in [1.54, 1.807) is 13.8 Å². The molecule has 0 fully saturated rings. The third kappa shape index (κ3) is 13.7. The zero-order valence-electron chi connectivity index (χ0n) is 32.1. The minimum Gasteiger partial charge on any atom is -0.445 e. The molecule has 0 saturated carbocycles. The number of hydrogen-bond acceptors (Lipinski definition) is 7. The Morgan fingerprint density at radius 3 is 1.60 bits per heavy atom. The van der Waals surface area contributed by atoms with Crippen LogP contribution in [0.4, 0.5) is 4.79 Å². The summed E-state index contributed by atoms with van der Waals surface area (Å²) in [7, 11) is 0. The van der Waals surface area contributed by atoms with Crippen LogP contribution in [0.15, 0.2) is 121 Å². The summed E-state index contributed by atoms with van der Waals surface area (Å²) >= 11 is 0. The molecule has 0 aliphatic carbocycles. The lowest BCUT2D eigenvalue weighted by atomic mass is 9.93.